The zero-order valence-corrected chi connectivity index (χ0v) is 33.3. The predicted octanol–water partition coefficient (Wildman–Crippen LogP) is 10.4. The molecular formula is C45H63N3O5. The number of amides is 3. The Hall–Kier alpha value is -4.20. The highest BCUT2D eigenvalue weighted by molar-refractivity contribution is 6.26. The zero-order valence-electron chi connectivity index (χ0n) is 33.3. The van der Waals surface area contributed by atoms with E-state index < -0.39 is 5.41 Å². The van der Waals surface area contributed by atoms with Gasteiger partial charge >= 0.3 is 5.97 Å². The van der Waals surface area contributed by atoms with Crippen LogP contribution in [0.5, 0.6) is 5.75 Å². The van der Waals surface area contributed by atoms with E-state index in [4.69, 9.17) is 4.74 Å². The molecule has 1 aliphatic rings. The molecule has 0 radical (unpaired) electrons. The molecule has 288 valence electrons. The first-order chi connectivity index (χ1) is 25.5. The predicted molar refractivity (Wildman–Crippen MR) is 216 cm³/mol. The Bertz CT molecular complexity index is 1710. The van der Waals surface area contributed by atoms with Crippen molar-refractivity contribution >= 4 is 40.2 Å². The average molecular weight is 726 g/mol. The smallest absolute Gasteiger partial charge is 0.311 e. The first-order valence-corrected chi connectivity index (χ1v) is 20.2. The lowest BCUT2D eigenvalue weighted by Gasteiger charge is -2.29. The lowest BCUT2D eigenvalue weighted by atomic mass is 9.78. The van der Waals surface area contributed by atoms with Crippen LogP contribution in [0.4, 0.5) is 5.69 Å². The number of hydrogen-bond donors (Lipinski definition) is 2. The fraction of sp³-hybridized carbons (Fsp3) is 0.556. The molecule has 1 aliphatic heterocycles. The number of nitrogens with one attached hydrogen (secondary N) is 2. The van der Waals surface area contributed by atoms with Gasteiger partial charge < -0.3 is 15.4 Å². The van der Waals surface area contributed by atoms with Gasteiger partial charge in [-0.2, -0.15) is 0 Å². The molecule has 8 nitrogen and oxygen atoms in total. The highest BCUT2D eigenvalue weighted by Gasteiger charge is 2.33. The van der Waals surface area contributed by atoms with E-state index in [1.54, 1.807) is 12.1 Å². The van der Waals surface area contributed by atoms with Gasteiger partial charge in [0.05, 0.1) is 0 Å². The highest BCUT2D eigenvalue weighted by Crippen LogP contribution is 2.38. The molecule has 8 heteroatoms. The largest absolute Gasteiger partial charge is 0.426 e. The van der Waals surface area contributed by atoms with Crippen molar-refractivity contribution in [1.82, 2.24) is 10.2 Å². The maximum absolute atomic E-state index is 13.3. The summed E-state index contributed by atoms with van der Waals surface area (Å²) >= 11 is 0. The van der Waals surface area contributed by atoms with E-state index in [-0.39, 0.29) is 30.1 Å². The van der Waals surface area contributed by atoms with E-state index in [0.717, 1.165) is 59.9 Å². The lowest BCUT2D eigenvalue weighted by molar-refractivity contribution is -0.134. The Morgan fingerprint density at radius 3 is 2.04 bits per heavy atom. The second-order valence-electron chi connectivity index (χ2n) is 15.6. The summed E-state index contributed by atoms with van der Waals surface area (Å²) in [4.78, 5) is 54.1. The molecule has 0 bridgehead atoms. The minimum Gasteiger partial charge on any atom is -0.426 e. The third-order valence-corrected chi connectivity index (χ3v) is 10.4. The van der Waals surface area contributed by atoms with E-state index in [2.05, 4.69) is 23.6 Å². The van der Waals surface area contributed by atoms with Crippen LogP contribution < -0.4 is 15.4 Å². The molecule has 3 aromatic carbocycles. The van der Waals surface area contributed by atoms with Crippen LogP contribution in [0, 0.1) is 13.8 Å². The zero-order chi connectivity index (χ0) is 38.4. The number of unbranched alkanes of at least 4 members (excludes halogenated alkanes) is 11. The average Bonchev–Trinajstić information content (AvgIpc) is 3.10. The molecular weight excluding hydrogens is 663 g/mol. The number of carbonyl (C=O) groups is 4. The van der Waals surface area contributed by atoms with Gasteiger partial charge in [-0.05, 0) is 62.1 Å². The third-order valence-electron chi connectivity index (χ3n) is 10.4. The van der Waals surface area contributed by atoms with E-state index in [1.165, 1.54) is 56.3 Å². The van der Waals surface area contributed by atoms with Crippen molar-refractivity contribution in [3.8, 4) is 5.75 Å². The standard InChI is InChI=1S/C45H63N3O5/c1-7-9-11-12-13-14-15-16-17-18-19-23-40(50)53-38-30-32(3)29-33(4)42(38)45(5,6)31-39(49)47-27-26-46-37-25-24-36-41-34(37)21-20-22-35(41)43(51)48(44(36)52)28-10-8-2/h20-22,24-25,29-30,46H,7-19,23,26-28,31H2,1-6H3,(H,47,49). The number of benzene rings is 3. The summed E-state index contributed by atoms with van der Waals surface area (Å²) in [5.74, 6) is -0.280. The SMILES string of the molecule is CCCCCCCCCCCCCC(=O)Oc1cc(C)cc(C)c1C(C)(C)CC(=O)NCCNc1ccc2c3c(cccc13)C(=O)N(CCCC)C2=O. The van der Waals surface area contributed by atoms with Crippen molar-refractivity contribution in [2.24, 2.45) is 0 Å². The minimum absolute atomic E-state index is 0.102. The third kappa shape index (κ3) is 11.4. The number of aryl methyl sites for hydroxylation is 2. The molecule has 0 fully saturated rings. The first-order valence-electron chi connectivity index (χ1n) is 20.2. The highest BCUT2D eigenvalue weighted by atomic mass is 16.5. The monoisotopic (exact) mass is 725 g/mol. The van der Waals surface area contributed by atoms with Crippen molar-refractivity contribution < 1.29 is 23.9 Å². The second kappa shape index (κ2) is 20.3. The van der Waals surface area contributed by atoms with Crippen LogP contribution in [0.25, 0.3) is 10.8 Å². The molecule has 0 saturated heterocycles. The molecule has 0 saturated carbocycles. The van der Waals surface area contributed by atoms with Gasteiger partial charge in [0, 0.05) is 71.0 Å². The Morgan fingerprint density at radius 1 is 0.755 bits per heavy atom. The van der Waals surface area contributed by atoms with Crippen molar-refractivity contribution in [2.45, 2.75) is 143 Å². The summed E-state index contributed by atoms with van der Waals surface area (Å²) in [5, 5.41) is 7.92. The fourth-order valence-electron chi connectivity index (χ4n) is 7.75. The van der Waals surface area contributed by atoms with Crippen LogP contribution in [0.1, 0.15) is 161 Å². The van der Waals surface area contributed by atoms with Crippen molar-refractivity contribution in [2.75, 3.05) is 25.0 Å². The number of rotatable bonds is 23. The molecule has 0 unspecified atom stereocenters. The Labute approximate surface area is 317 Å². The van der Waals surface area contributed by atoms with Crippen LogP contribution in [0.3, 0.4) is 0 Å². The summed E-state index contributed by atoms with van der Waals surface area (Å²) in [5.41, 5.74) is 4.19. The topological polar surface area (TPSA) is 105 Å². The molecule has 53 heavy (non-hydrogen) atoms. The van der Waals surface area contributed by atoms with Crippen LogP contribution in [-0.4, -0.2) is 48.2 Å². The summed E-state index contributed by atoms with van der Waals surface area (Å²) in [7, 11) is 0. The van der Waals surface area contributed by atoms with Crippen molar-refractivity contribution in [1.29, 1.82) is 0 Å². The maximum Gasteiger partial charge on any atom is 0.311 e. The normalized spacial score (nSPS) is 12.8. The number of ether oxygens (including phenoxy) is 1. The van der Waals surface area contributed by atoms with Crippen molar-refractivity contribution in [3.05, 3.63) is 70.3 Å². The number of nitrogens with zero attached hydrogens (tertiary/aromatic N) is 1. The molecule has 1 heterocycles. The molecule has 0 spiro atoms. The maximum atomic E-state index is 13.3. The van der Waals surface area contributed by atoms with Gasteiger partial charge in [-0.25, -0.2) is 0 Å². The van der Waals surface area contributed by atoms with Crippen molar-refractivity contribution in [3.63, 3.8) is 0 Å². The van der Waals surface area contributed by atoms with Crippen LogP contribution >= 0.6 is 0 Å². The summed E-state index contributed by atoms with van der Waals surface area (Å²) < 4.78 is 5.99. The van der Waals surface area contributed by atoms with E-state index in [1.807, 2.05) is 58.9 Å². The van der Waals surface area contributed by atoms with E-state index in [0.29, 0.717) is 48.3 Å². The number of hydrogen-bond acceptors (Lipinski definition) is 6. The van der Waals surface area contributed by atoms with Gasteiger partial charge in [0.15, 0.2) is 0 Å². The van der Waals surface area contributed by atoms with Crippen LogP contribution in [0.15, 0.2) is 42.5 Å². The number of esters is 1. The minimum atomic E-state index is -0.582. The van der Waals surface area contributed by atoms with Crippen LogP contribution in [0.2, 0.25) is 0 Å². The van der Waals surface area contributed by atoms with Gasteiger partial charge in [0.1, 0.15) is 5.75 Å². The molecule has 0 aliphatic carbocycles. The molecule has 3 aromatic rings. The van der Waals surface area contributed by atoms with Gasteiger partial charge in [0.2, 0.25) is 5.91 Å². The number of carbonyl (C=O) groups excluding carboxylic acids is 4. The van der Waals surface area contributed by atoms with Crippen LogP contribution in [-0.2, 0) is 15.0 Å². The van der Waals surface area contributed by atoms with E-state index >= 15 is 0 Å². The fourth-order valence-corrected chi connectivity index (χ4v) is 7.75. The molecule has 4 rings (SSSR count). The number of anilines is 1. The second-order valence-corrected chi connectivity index (χ2v) is 15.6. The Morgan fingerprint density at radius 2 is 1.38 bits per heavy atom. The van der Waals surface area contributed by atoms with Gasteiger partial charge in [-0.1, -0.05) is 117 Å². The van der Waals surface area contributed by atoms with Gasteiger partial charge in [0.25, 0.3) is 11.8 Å². The van der Waals surface area contributed by atoms with E-state index in [9.17, 15) is 19.2 Å². The number of imide groups is 1. The molecule has 0 aromatic heterocycles. The first kappa shape index (κ1) is 41.6. The van der Waals surface area contributed by atoms with Gasteiger partial charge in [-0.3, -0.25) is 24.1 Å². The summed E-state index contributed by atoms with van der Waals surface area (Å²) in [6.45, 7) is 13.6. The summed E-state index contributed by atoms with van der Waals surface area (Å²) in [6, 6.07) is 13.2. The quantitative estimate of drug-likeness (QED) is 0.0436. The Kier molecular flexibility index (Phi) is 15.9. The molecule has 0 atom stereocenters. The summed E-state index contributed by atoms with van der Waals surface area (Å²) in [6.07, 6.45) is 15.8. The molecule has 3 amide bonds. The molecule has 2 N–H and O–H groups in total. The lowest BCUT2D eigenvalue weighted by Crippen LogP contribution is -2.40. The Balaban J connectivity index is 1.27. The van der Waals surface area contributed by atoms with Gasteiger partial charge in [-0.15, -0.1) is 0 Å².